The minimum Gasteiger partial charge on any atom is -0.407 e. The summed E-state index contributed by atoms with van der Waals surface area (Å²) in [6.45, 7) is 17.5. The standard InChI is InChI=1S/C26H38N5O4PSi/c1-9-18-20(34-36(5)6)21(35-37(7,8)26(2,3)4)25(33-18)31-16-29-19-22(27-15-28-23(19)31)30-24(32)17-13-11-10-12-14-17/h10-16,18,20-21,25H,9H2,1-8H3,(H,27,28,30,32)/t18-,20+,21?,25-/m1/s1. The first-order valence-corrected chi connectivity index (χ1v) is 17.7. The molecule has 4 atom stereocenters. The molecule has 11 heteroatoms. The Hall–Kier alpha value is -2.23. The third-order valence-electron chi connectivity index (χ3n) is 7.16. The molecule has 0 spiro atoms. The zero-order valence-corrected chi connectivity index (χ0v) is 24.8. The van der Waals surface area contributed by atoms with Crippen molar-refractivity contribution in [1.82, 2.24) is 19.5 Å². The van der Waals surface area contributed by atoms with Crippen LogP contribution in [0.1, 0.15) is 50.7 Å². The molecule has 1 N–H and O–H groups in total. The van der Waals surface area contributed by atoms with Gasteiger partial charge in [-0.05, 0) is 50.0 Å². The van der Waals surface area contributed by atoms with Gasteiger partial charge in [-0.1, -0.05) is 45.9 Å². The second-order valence-corrected chi connectivity index (χ2v) is 17.7. The Morgan fingerprint density at radius 3 is 2.46 bits per heavy atom. The number of hydrogen-bond donors (Lipinski definition) is 1. The Morgan fingerprint density at radius 2 is 1.84 bits per heavy atom. The van der Waals surface area contributed by atoms with Crippen molar-refractivity contribution < 1.29 is 18.5 Å². The zero-order chi connectivity index (χ0) is 27.0. The van der Waals surface area contributed by atoms with Crippen molar-refractivity contribution in [2.75, 3.05) is 18.6 Å². The van der Waals surface area contributed by atoms with E-state index in [0.29, 0.717) is 22.5 Å². The molecular formula is C26H38N5O4PSi. The van der Waals surface area contributed by atoms with Crippen LogP contribution in [0.25, 0.3) is 11.2 Å². The van der Waals surface area contributed by atoms with Gasteiger partial charge in [0.1, 0.15) is 18.5 Å². The molecule has 4 rings (SSSR count). The highest BCUT2D eigenvalue weighted by molar-refractivity contribution is 7.50. The molecule has 2 aromatic heterocycles. The molecule has 1 aliphatic heterocycles. The molecule has 37 heavy (non-hydrogen) atoms. The first-order chi connectivity index (χ1) is 17.4. The van der Waals surface area contributed by atoms with Crippen LogP contribution in [0.15, 0.2) is 43.0 Å². The van der Waals surface area contributed by atoms with E-state index in [9.17, 15) is 4.79 Å². The molecule has 0 radical (unpaired) electrons. The van der Waals surface area contributed by atoms with Gasteiger partial charge < -0.3 is 19.0 Å². The van der Waals surface area contributed by atoms with Crippen LogP contribution in [0.3, 0.4) is 0 Å². The van der Waals surface area contributed by atoms with Gasteiger partial charge in [-0.2, -0.15) is 0 Å². The zero-order valence-electron chi connectivity index (χ0n) is 22.9. The van der Waals surface area contributed by atoms with Gasteiger partial charge >= 0.3 is 0 Å². The minimum atomic E-state index is -2.17. The van der Waals surface area contributed by atoms with E-state index < -0.39 is 22.7 Å². The minimum absolute atomic E-state index is 0.0175. The summed E-state index contributed by atoms with van der Waals surface area (Å²) in [5.41, 5.74) is 1.60. The number of carbonyl (C=O) groups excluding carboxylic acids is 1. The van der Waals surface area contributed by atoms with E-state index in [2.05, 4.69) is 74.4 Å². The second-order valence-electron chi connectivity index (χ2n) is 11.1. The summed E-state index contributed by atoms with van der Waals surface area (Å²) >= 11 is 0. The number of imidazole rings is 1. The average molecular weight is 544 g/mol. The highest BCUT2D eigenvalue weighted by Gasteiger charge is 2.51. The molecule has 1 aromatic carbocycles. The van der Waals surface area contributed by atoms with Gasteiger partial charge in [0.05, 0.1) is 12.4 Å². The third kappa shape index (κ3) is 5.78. The molecule has 1 aliphatic rings. The van der Waals surface area contributed by atoms with Crippen LogP contribution in [0.4, 0.5) is 5.82 Å². The van der Waals surface area contributed by atoms with Gasteiger partial charge in [-0.25, -0.2) is 15.0 Å². The fourth-order valence-electron chi connectivity index (χ4n) is 4.17. The van der Waals surface area contributed by atoms with E-state index in [0.717, 1.165) is 6.42 Å². The summed E-state index contributed by atoms with van der Waals surface area (Å²) in [5, 5.41) is 2.89. The molecule has 1 saturated heterocycles. The van der Waals surface area contributed by atoms with Gasteiger partial charge in [0.2, 0.25) is 0 Å². The number of nitrogens with zero attached hydrogens (tertiary/aromatic N) is 4. The third-order valence-corrected chi connectivity index (χ3v) is 12.3. The first kappa shape index (κ1) is 27.8. The number of hydrogen-bond acceptors (Lipinski definition) is 7. The summed E-state index contributed by atoms with van der Waals surface area (Å²) in [4.78, 5) is 26.2. The van der Waals surface area contributed by atoms with E-state index in [4.69, 9.17) is 13.7 Å². The van der Waals surface area contributed by atoms with Gasteiger partial charge in [0.25, 0.3) is 5.91 Å². The number of nitrogens with one attached hydrogen (secondary N) is 1. The van der Waals surface area contributed by atoms with E-state index in [1.165, 1.54) is 6.33 Å². The number of anilines is 1. The fourth-order valence-corrected chi connectivity index (χ4v) is 6.20. The van der Waals surface area contributed by atoms with Crippen LogP contribution in [-0.2, 0) is 13.7 Å². The molecule has 1 amide bonds. The van der Waals surface area contributed by atoms with Gasteiger partial charge in [0.15, 0.2) is 31.5 Å². The predicted molar refractivity (Wildman–Crippen MR) is 150 cm³/mol. The molecule has 1 fully saturated rings. The maximum atomic E-state index is 12.8. The Kier molecular flexibility index (Phi) is 8.16. The van der Waals surface area contributed by atoms with Crippen LogP contribution in [0.2, 0.25) is 18.1 Å². The van der Waals surface area contributed by atoms with E-state index >= 15 is 0 Å². The monoisotopic (exact) mass is 543 g/mol. The Balaban J connectivity index is 1.72. The van der Waals surface area contributed by atoms with Crippen LogP contribution in [-0.4, -0.2) is 65.4 Å². The van der Waals surface area contributed by atoms with Gasteiger partial charge in [-0.3, -0.25) is 9.36 Å². The highest BCUT2D eigenvalue weighted by atomic mass is 31.1. The lowest BCUT2D eigenvalue weighted by Crippen LogP contribution is -2.48. The number of amides is 1. The molecular weight excluding hydrogens is 505 g/mol. The number of ether oxygens (including phenoxy) is 1. The molecule has 200 valence electrons. The number of benzene rings is 1. The van der Waals surface area contributed by atoms with Crippen molar-refractivity contribution in [2.24, 2.45) is 0 Å². The summed E-state index contributed by atoms with van der Waals surface area (Å²) in [6.07, 6.45) is 2.79. The van der Waals surface area contributed by atoms with Crippen LogP contribution >= 0.6 is 8.15 Å². The smallest absolute Gasteiger partial charge is 0.256 e. The van der Waals surface area contributed by atoms with Crippen molar-refractivity contribution >= 4 is 39.4 Å². The maximum Gasteiger partial charge on any atom is 0.256 e. The SMILES string of the molecule is CC[C@H]1O[C@@H](n2cnc3c(NC(=O)c4ccccc4)ncnc32)C(O[Si](C)(C)C(C)(C)C)[C@H]1OP(C)C. The topological polar surface area (TPSA) is 100 Å². The van der Waals surface area contributed by atoms with Crippen LogP contribution in [0.5, 0.6) is 0 Å². The first-order valence-electron chi connectivity index (χ1n) is 12.6. The van der Waals surface area contributed by atoms with Crippen LogP contribution in [0, 0.1) is 0 Å². The lowest BCUT2D eigenvalue weighted by atomic mass is 10.1. The van der Waals surface area contributed by atoms with Crippen molar-refractivity contribution in [3.8, 4) is 0 Å². The van der Waals surface area contributed by atoms with Crippen molar-refractivity contribution in [3.63, 3.8) is 0 Å². The molecule has 0 aliphatic carbocycles. The summed E-state index contributed by atoms with van der Waals surface area (Å²) < 4.78 is 21.9. The molecule has 3 aromatic rings. The number of fused-ring (bicyclic) bond motifs is 1. The molecule has 9 nitrogen and oxygen atoms in total. The van der Waals surface area contributed by atoms with Crippen molar-refractivity contribution in [2.45, 2.75) is 76.8 Å². The highest BCUT2D eigenvalue weighted by Crippen LogP contribution is 2.46. The summed E-state index contributed by atoms with van der Waals surface area (Å²) in [7, 11) is -2.80. The number of carbonyl (C=O) groups is 1. The van der Waals surface area contributed by atoms with Crippen molar-refractivity contribution in [1.29, 1.82) is 0 Å². The molecule has 0 bridgehead atoms. The normalized spacial score (nSPS) is 22.6. The molecule has 3 heterocycles. The second kappa shape index (κ2) is 10.9. The average Bonchev–Trinajstić information content (AvgIpc) is 3.40. The fraction of sp³-hybridized carbons (Fsp3) is 0.538. The Bertz CT molecular complexity index is 1230. The maximum absolute atomic E-state index is 12.8. The van der Waals surface area contributed by atoms with E-state index in [-0.39, 0.29) is 29.3 Å². The Morgan fingerprint density at radius 1 is 1.14 bits per heavy atom. The van der Waals surface area contributed by atoms with Gasteiger partial charge in [0, 0.05) is 13.7 Å². The summed E-state index contributed by atoms with van der Waals surface area (Å²) in [6, 6.07) is 9.01. The Labute approximate surface area is 221 Å². The largest absolute Gasteiger partial charge is 0.407 e. The molecule has 0 saturated carbocycles. The van der Waals surface area contributed by atoms with E-state index in [1.807, 2.05) is 22.8 Å². The number of rotatable bonds is 8. The van der Waals surface area contributed by atoms with Crippen molar-refractivity contribution in [3.05, 3.63) is 48.5 Å². The lowest BCUT2D eigenvalue weighted by Gasteiger charge is -2.40. The lowest BCUT2D eigenvalue weighted by molar-refractivity contribution is -0.0323. The molecule has 1 unspecified atom stereocenters. The van der Waals surface area contributed by atoms with Crippen LogP contribution < -0.4 is 5.32 Å². The predicted octanol–water partition coefficient (Wildman–Crippen LogP) is 5.82. The summed E-state index contributed by atoms with van der Waals surface area (Å²) in [5.74, 6) is 0.0908. The quantitative estimate of drug-likeness (QED) is 0.282. The van der Waals surface area contributed by atoms with E-state index in [1.54, 1.807) is 18.5 Å². The number of aromatic nitrogens is 4. The van der Waals surface area contributed by atoms with Gasteiger partial charge in [-0.15, -0.1) is 0 Å².